The summed E-state index contributed by atoms with van der Waals surface area (Å²) in [5.41, 5.74) is 2.06. The molecule has 0 bridgehead atoms. The highest BCUT2D eigenvalue weighted by atomic mass is 32.2. The lowest BCUT2D eigenvalue weighted by molar-refractivity contribution is 0.158. The number of fused-ring (bicyclic) bond motifs is 1. The average molecular weight is 417 g/mol. The van der Waals surface area contributed by atoms with Gasteiger partial charge in [0.05, 0.1) is 22.5 Å². The summed E-state index contributed by atoms with van der Waals surface area (Å²) >= 11 is 0. The van der Waals surface area contributed by atoms with Gasteiger partial charge in [-0.15, -0.1) is 0 Å². The van der Waals surface area contributed by atoms with Gasteiger partial charge in [-0.2, -0.15) is 5.10 Å². The summed E-state index contributed by atoms with van der Waals surface area (Å²) in [7, 11) is 0.400. The number of aromatic nitrogens is 4. The topological polar surface area (TPSA) is 102 Å². The van der Waals surface area contributed by atoms with Gasteiger partial charge in [0.2, 0.25) is 5.88 Å². The number of sulfone groups is 1. The van der Waals surface area contributed by atoms with E-state index in [4.69, 9.17) is 4.74 Å². The zero-order valence-corrected chi connectivity index (χ0v) is 17.5. The van der Waals surface area contributed by atoms with E-state index in [2.05, 4.69) is 20.4 Å². The summed E-state index contributed by atoms with van der Waals surface area (Å²) in [6, 6.07) is 4.97. The first kappa shape index (κ1) is 19.6. The molecule has 29 heavy (non-hydrogen) atoms. The minimum absolute atomic E-state index is 0.115. The molecule has 0 radical (unpaired) electrons. The number of nitrogens with zero attached hydrogens (tertiary/aromatic N) is 5. The van der Waals surface area contributed by atoms with Crippen LogP contribution in [0.2, 0.25) is 0 Å². The van der Waals surface area contributed by atoms with Crippen LogP contribution in [-0.2, 0) is 9.84 Å². The van der Waals surface area contributed by atoms with Gasteiger partial charge in [-0.3, -0.25) is 0 Å². The number of ether oxygens (including phenoxy) is 1. The van der Waals surface area contributed by atoms with Gasteiger partial charge < -0.3 is 15.0 Å². The van der Waals surface area contributed by atoms with Gasteiger partial charge >= 0.3 is 0 Å². The van der Waals surface area contributed by atoms with Crippen LogP contribution in [0.4, 0.5) is 5.69 Å². The summed E-state index contributed by atoms with van der Waals surface area (Å²) in [6.07, 6.45) is 6.33. The molecule has 0 saturated carbocycles. The maximum atomic E-state index is 12.0. The van der Waals surface area contributed by atoms with Gasteiger partial charge in [-0.05, 0) is 44.1 Å². The first-order chi connectivity index (χ1) is 13.8. The molecule has 2 aromatic heterocycles. The SMILES string of the molecule is CN(C)c1cc(S(C)(=O)=O)ccc1-n1ncc2c(OC3CCNCC3)ncnc21. The molecule has 1 N–H and O–H groups in total. The normalized spacial score (nSPS) is 15.6. The number of hydrogen-bond acceptors (Lipinski definition) is 8. The van der Waals surface area contributed by atoms with Crippen LogP contribution in [0.15, 0.2) is 35.6 Å². The average Bonchev–Trinajstić information content (AvgIpc) is 3.12. The van der Waals surface area contributed by atoms with E-state index in [0.29, 0.717) is 11.5 Å². The molecular weight excluding hydrogens is 392 g/mol. The van der Waals surface area contributed by atoms with Crippen molar-refractivity contribution in [3.63, 3.8) is 0 Å². The van der Waals surface area contributed by atoms with E-state index >= 15 is 0 Å². The van der Waals surface area contributed by atoms with Crippen molar-refractivity contribution in [3.05, 3.63) is 30.7 Å². The third-order valence-electron chi connectivity index (χ3n) is 4.98. The molecule has 3 heterocycles. The van der Waals surface area contributed by atoms with Gasteiger partial charge in [-0.25, -0.2) is 23.1 Å². The Morgan fingerprint density at radius 2 is 1.97 bits per heavy atom. The Bertz CT molecular complexity index is 1140. The summed E-state index contributed by atoms with van der Waals surface area (Å²) in [5.74, 6) is 0.521. The Labute approximate surface area is 169 Å². The van der Waals surface area contributed by atoms with Crippen LogP contribution >= 0.6 is 0 Å². The Morgan fingerprint density at radius 1 is 1.21 bits per heavy atom. The van der Waals surface area contributed by atoms with Crippen LogP contribution in [0.1, 0.15) is 12.8 Å². The number of hydrogen-bond donors (Lipinski definition) is 1. The number of nitrogens with one attached hydrogen (secondary N) is 1. The van der Waals surface area contributed by atoms with E-state index in [-0.39, 0.29) is 11.0 Å². The molecule has 1 fully saturated rings. The quantitative estimate of drug-likeness (QED) is 0.666. The summed E-state index contributed by atoms with van der Waals surface area (Å²) in [6.45, 7) is 1.86. The van der Waals surface area contributed by atoms with Crippen molar-refractivity contribution < 1.29 is 13.2 Å². The second-order valence-corrected chi connectivity index (χ2v) is 9.37. The Balaban J connectivity index is 1.78. The van der Waals surface area contributed by atoms with Crippen LogP contribution in [0, 0.1) is 0 Å². The lowest BCUT2D eigenvalue weighted by atomic mass is 10.1. The number of benzene rings is 1. The molecule has 0 unspecified atom stereocenters. The fourth-order valence-electron chi connectivity index (χ4n) is 3.44. The molecule has 0 amide bonds. The van der Waals surface area contributed by atoms with E-state index in [9.17, 15) is 8.42 Å². The Hall–Kier alpha value is -2.72. The van der Waals surface area contributed by atoms with Crippen molar-refractivity contribution in [2.75, 3.05) is 38.3 Å². The maximum absolute atomic E-state index is 12.0. The lowest BCUT2D eigenvalue weighted by Crippen LogP contribution is -2.34. The van der Waals surface area contributed by atoms with Crippen molar-refractivity contribution in [1.29, 1.82) is 0 Å². The second kappa shape index (κ2) is 7.60. The first-order valence-electron chi connectivity index (χ1n) is 9.42. The van der Waals surface area contributed by atoms with Gasteiger partial charge in [0.15, 0.2) is 15.5 Å². The zero-order chi connectivity index (χ0) is 20.6. The monoisotopic (exact) mass is 416 g/mol. The third kappa shape index (κ3) is 3.90. The summed E-state index contributed by atoms with van der Waals surface area (Å²) in [5, 5.41) is 8.54. The van der Waals surface area contributed by atoms with Crippen LogP contribution in [0.3, 0.4) is 0 Å². The minimum atomic E-state index is -3.32. The van der Waals surface area contributed by atoms with Crippen LogP contribution in [-0.4, -0.2) is 67.7 Å². The molecule has 0 atom stereocenters. The summed E-state index contributed by atoms with van der Waals surface area (Å²) in [4.78, 5) is 10.8. The molecule has 1 aromatic carbocycles. The van der Waals surface area contributed by atoms with Crippen LogP contribution in [0.25, 0.3) is 16.7 Å². The fourth-order valence-corrected chi connectivity index (χ4v) is 4.08. The van der Waals surface area contributed by atoms with Crippen molar-refractivity contribution in [1.82, 2.24) is 25.1 Å². The van der Waals surface area contributed by atoms with Gasteiger partial charge in [0.25, 0.3) is 0 Å². The highest BCUT2D eigenvalue weighted by molar-refractivity contribution is 7.90. The van der Waals surface area contributed by atoms with Crippen LogP contribution < -0.4 is 15.0 Å². The smallest absolute Gasteiger partial charge is 0.228 e. The van der Waals surface area contributed by atoms with E-state index in [1.54, 1.807) is 29.1 Å². The van der Waals surface area contributed by atoms with E-state index in [1.807, 2.05) is 19.0 Å². The molecule has 10 heteroatoms. The predicted molar refractivity (Wildman–Crippen MR) is 111 cm³/mol. The molecule has 1 aliphatic heterocycles. The van der Waals surface area contributed by atoms with E-state index in [0.717, 1.165) is 42.7 Å². The lowest BCUT2D eigenvalue weighted by Gasteiger charge is -2.23. The Morgan fingerprint density at radius 3 is 2.66 bits per heavy atom. The largest absolute Gasteiger partial charge is 0.474 e. The molecule has 154 valence electrons. The zero-order valence-electron chi connectivity index (χ0n) is 16.7. The molecule has 1 saturated heterocycles. The van der Waals surface area contributed by atoms with E-state index in [1.165, 1.54) is 12.6 Å². The molecular formula is C19H24N6O3S. The number of piperidine rings is 1. The van der Waals surface area contributed by atoms with Gasteiger partial charge in [0.1, 0.15) is 17.8 Å². The summed E-state index contributed by atoms with van der Waals surface area (Å²) < 4.78 is 31.8. The number of rotatable bonds is 5. The molecule has 4 rings (SSSR count). The third-order valence-corrected chi connectivity index (χ3v) is 6.09. The van der Waals surface area contributed by atoms with Crippen molar-refractivity contribution in [3.8, 4) is 11.6 Å². The second-order valence-electron chi connectivity index (χ2n) is 7.36. The molecule has 3 aromatic rings. The van der Waals surface area contributed by atoms with Crippen LogP contribution in [0.5, 0.6) is 5.88 Å². The molecule has 0 spiro atoms. The standard InChI is InChI=1S/C19H24N6O3S/c1-24(2)17-10-14(29(3,26)27)4-5-16(17)25-18-15(11-23-25)19(22-12-21-18)28-13-6-8-20-9-7-13/h4-5,10-13,20H,6-9H2,1-3H3. The van der Waals surface area contributed by atoms with Gasteiger partial charge in [0, 0.05) is 20.4 Å². The first-order valence-corrected chi connectivity index (χ1v) is 11.3. The molecule has 0 aliphatic carbocycles. The minimum Gasteiger partial charge on any atom is -0.474 e. The van der Waals surface area contributed by atoms with Gasteiger partial charge in [-0.1, -0.05) is 0 Å². The highest BCUT2D eigenvalue weighted by Crippen LogP contribution is 2.30. The maximum Gasteiger partial charge on any atom is 0.228 e. The predicted octanol–water partition coefficient (Wildman–Crippen LogP) is 1.42. The fraction of sp³-hybridized carbons (Fsp3) is 0.421. The number of anilines is 1. The molecule has 9 nitrogen and oxygen atoms in total. The highest BCUT2D eigenvalue weighted by Gasteiger charge is 2.20. The molecule has 1 aliphatic rings. The van der Waals surface area contributed by atoms with Crippen molar-refractivity contribution in [2.24, 2.45) is 0 Å². The van der Waals surface area contributed by atoms with Crippen molar-refractivity contribution in [2.45, 2.75) is 23.8 Å². The Kier molecular flexibility index (Phi) is 5.13. The van der Waals surface area contributed by atoms with E-state index < -0.39 is 9.84 Å². The van der Waals surface area contributed by atoms with Crippen molar-refractivity contribution >= 4 is 26.6 Å².